The Morgan fingerprint density at radius 1 is 1.00 bits per heavy atom. The molecular formula is C19H24O. The molecule has 0 saturated heterocycles. The fraction of sp³-hybridized carbons (Fsp3) is 0.368. The van der Waals surface area contributed by atoms with Crippen molar-refractivity contribution in [2.45, 2.75) is 39.5 Å². The maximum atomic E-state index is 5.35. The van der Waals surface area contributed by atoms with Crippen LogP contribution in [0.3, 0.4) is 0 Å². The highest BCUT2D eigenvalue weighted by atomic mass is 16.5. The van der Waals surface area contributed by atoms with Gasteiger partial charge < -0.3 is 4.74 Å². The summed E-state index contributed by atoms with van der Waals surface area (Å²) in [4.78, 5) is 0. The number of ether oxygens (including phenoxy) is 1. The summed E-state index contributed by atoms with van der Waals surface area (Å²) in [6.45, 7) is 9.01. The molecule has 0 aromatic heterocycles. The number of hydrogen-bond acceptors (Lipinski definition) is 1. The highest BCUT2D eigenvalue weighted by Crippen LogP contribution is 2.35. The van der Waals surface area contributed by atoms with Gasteiger partial charge in [0.25, 0.3) is 0 Å². The topological polar surface area (TPSA) is 9.23 Å². The van der Waals surface area contributed by atoms with Gasteiger partial charge >= 0.3 is 0 Å². The third-order valence-corrected chi connectivity index (χ3v) is 3.68. The molecule has 0 aliphatic rings. The fourth-order valence-corrected chi connectivity index (χ4v) is 2.47. The van der Waals surface area contributed by atoms with Gasteiger partial charge in [-0.25, -0.2) is 0 Å². The quantitative estimate of drug-likeness (QED) is 0.741. The second kappa shape index (κ2) is 5.70. The van der Waals surface area contributed by atoms with Crippen LogP contribution < -0.4 is 4.74 Å². The smallest absolute Gasteiger partial charge is 0.119 e. The van der Waals surface area contributed by atoms with Crippen molar-refractivity contribution in [3.05, 3.63) is 53.6 Å². The van der Waals surface area contributed by atoms with E-state index in [1.807, 2.05) is 12.1 Å². The summed E-state index contributed by atoms with van der Waals surface area (Å²) in [6.07, 6.45) is 1.07. The summed E-state index contributed by atoms with van der Waals surface area (Å²) in [6, 6.07) is 15.1. The van der Waals surface area contributed by atoms with Gasteiger partial charge in [0.2, 0.25) is 0 Å². The molecule has 1 nitrogen and oxygen atoms in total. The van der Waals surface area contributed by atoms with Crippen LogP contribution in [-0.2, 0) is 11.8 Å². The highest BCUT2D eigenvalue weighted by Gasteiger charge is 2.19. The maximum absolute atomic E-state index is 5.35. The first-order chi connectivity index (χ1) is 9.45. The SMILES string of the molecule is CCc1ccc(-c2cccc(OC)c2)c(C(C)(C)C)c1. The van der Waals surface area contributed by atoms with Gasteiger partial charge in [0, 0.05) is 0 Å². The lowest BCUT2D eigenvalue weighted by atomic mass is 9.80. The van der Waals surface area contributed by atoms with Gasteiger partial charge in [-0.1, -0.05) is 58.0 Å². The molecule has 0 N–H and O–H groups in total. The molecule has 0 fully saturated rings. The largest absolute Gasteiger partial charge is 0.497 e. The molecule has 0 atom stereocenters. The second-order valence-electron chi connectivity index (χ2n) is 6.22. The first-order valence-electron chi connectivity index (χ1n) is 7.23. The van der Waals surface area contributed by atoms with E-state index in [4.69, 9.17) is 4.74 Å². The number of hydrogen-bond donors (Lipinski definition) is 0. The standard InChI is InChI=1S/C19H24O/c1-6-14-10-11-17(18(12-14)19(2,3)4)15-8-7-9-16(13-15)20-5/h7-13H,6H2,1-5H3. The van der Waals surface area contributed by atoms with Gasteiger partial charge in [-0.15, -0.1) is 0 Å². The molecule has 0 heterocycles. The van der Waals surface area contributed by atoms with Gasteiger partial charge in [-0.3, -0.25) is 0 Å². The lowest BCUT2D eigenvalue weighted by Crippen LogP contribution is -2.13. The molecular weight excluding hydrogens is 244 g/mol. The normalized spacial score (nSPS) is 11.4. The highest BCUT2D eigenvalue weighted by molar-refractivity contribution is 5.70. The molecule has 2 aromatic rings. The third kappa shape index (κ3) is 3.04. The Kier molecular flexibility index (Phi) is 4.17. The summed E-state index contributed by atoms with van der Waals surface area (Å²) in [5.41, 5.74) is 5.43. The molecule has 0 bridgehead atoms. The van der Waals surface area contributed by atoms with E-state index < -0.39 is 0 Å². The van der Waals surface area contributed by atoms with E-state index in [1.165, 1.54) is 22.3 Å². The van der Waals surface area contributed by atoms with Crippen LogP contribution in [0.1, 0.15) is 38.8 Å². The zero-order valence-electron chi connectivity index (χ0n) is 13.2. The molecule has 0 aliphatic heterocycles. The van der Waals surface area contributed by atoms with Crippen molar-refractivity contribution in [3.63, 3.8) is 0 Å². The lowest BCUT2D eigenvalue weighted by molar-refractivity contribution is 0.415. The van der Waals surface area contributed by atoms with Crippen LogP contribution in [0.5, 0.6) is 5.75 Å². The predicted octanol–water partition coefficient (Wildman–Crippen LogP) is 5.22. The van der Waals surface area contributed by atoms with Crippen molar-refractivity contribution < 1.29 is 4.74 Å². The Morgan fingerprint density at radius 2 is 1.75 bits per heavy atom. The van der Waals surface area contributed by atoms with Crippen LogP contribution in [0.15, 0.2) is 42.5 Å². The number of methoxy groups -OCH3 is 1. The number of rotatable bonds is 3. The van der Waals surface area contributed by atoms with E-state index in [0.717, 1.165) is 12.2 Å². The van der Waals surface area contributed by atoms with Crippen molar-refractivity contribution in [2.75, 3.05) is 7.11 Å². The molecule has 0 radical (unpaired) electrons. The van der Waals surface area contributed by atoms with Crippen LogP contribution in [0.4, 0.5) is 0 Å². The summed E-state index contributed by atoms with van der Waals surface area (Å²) >= 11 is 0. The summed E-state index contributed by atoms with van der Waals surface area (Å²) in [5, 5.41) is 0. The zero-order valence-corrected chi connectivity index (χ0v) is 13.2. The van der Waals surface area contributed by atoms with E-state index >= 15 is 0 Å². The maximum Gasteiger partial charge on any atom is 0.119 e. The van der Waals surface area contributed by atoms with E-state index in [2.05, 4.69) is 58.0 Å². The zero-order chi connectivity index (χ0) is 14.8. The first kappa shape index (κ1) is 14.6. The van der Waals surface area contributed by atoms with Gasteiger partial charge in [0.05, 0.1) is 7.11 Å². The van der Waals surface area contributed by atoms with Crippen LogP contribution >= 0.6 is 0 Å². The lowest BCUT2D eigenvalue weighted by Gasteiger charge is -2.24. The van der Waals surface area contributed by atoms with Crippen LogP contribution in [0.25, 0.3) is 11.1 Å². The summed E-state index contributed by atoms with van der Waals surface area (Å²) < 4.78 is 5.35. The van der Waals surface area contributed by atoms with Crippen molar-refractivity contribution in [1.82, 2.24) is 0 Å². The Balaban J connectivity index is 2.60. The number of benzene rings is 2. The average Bonchev–Trinajstić information content (AvgIpc) is 2.45. The van der Waals surface area contributed by atoms with Crippen molar-refractivity contribution >= 4 is 0 Å². The van der Waals surface area contributed by atoms with Crippen LogP contribution in [0.2, 0.25) is 0 Å². The van der Waals surface area contributed by atoms with Crippen molar-refractivity contribution in [3.8, 4) is 16.9 Å². The molecule has 0 aliphatic carbocycles. The molecule has 1 heteroatoms. The van der Waals surface area contributed by atoms with Gasteiger partial charge in [-0.05, 0) is 46.2 Å². The Bertz CT molecular complexity index is 591. The molecule has 20 heavy (non-hydrogen) atoms. The minimum atomic E-state index is 0.129. The average molecular weight is 268 g/mol. The molecule has 0 amide bonds. The van der Waals surface area contributed by atoms with Crippen LogP contribution in [-0.4, -0.2) is 7.11 Å². The summed E-state index contributed by atoms with van der Waals surface area (Å²) in [5.74, 6) is 0.905. The predicted molar refractivity (Wildman–Crippen MR) is 86.5 cm³/mol. The van der Waals surface area contributed by atoms with Gasteiger partial charge in [0.1, 0.15) is 5.75 Å². The second-order valence-corrected chi connectivity index (χ2v) is 6.22. The van der Waals surface area contributed by atoms with E-state index in [1.54, 1.807) is 7.11 Å². The minimum Gasteiger partial charge on any atom is -0.497 e. The van der Waals surface area contributed by atoms with E-state index in [-0.39, 0.29) is 5.41 Å². The third-order valence-electron chi connectivity index (χ3n) is 3.68. The molecule has 2 aromatic carbocycles. The van der Waals surface area contributed by atoms with E-state index in [9.17, 15) is 0 Å². The van der Waals surface area contributed by atoms with Crippen molar-refractivity contribution in [1.29, 1.82) is 0 Å². The van der Waals surface area contributed by atoms with Crippen LogP contribution in [0, 0.1) is 0 Å². The minimum absolute atomic E-state index is 0.129. The Hall–Kier alpha value is -1.76. The van der Waals surface area contributed by atoms with Gasteiger partial charge in [0.15, 0.2) is 0 Å². The molecule has 0 unspecified atom stereocenters. The fourth-order valence-electron chi connectivity index (χ4n) is 2.47. The Morgan fingerprint density at radius 3 is 2.35 bits per heavy atom. The number of aryl methyl sites for hydroxylation is 1. The summed E-state index contributed by atoms with van der Waals surface area (Å²) in [7, 11) is 1.71. The van der Waals surface area contributed by atoms with Crippen molar-refractivity contribution in [2.24, 2.45) is 0 Å². The Labute approximate surface area is 122 Å². The molecule has 106 valence electrons. The molecule has 2 rings (SSSR count). The molecule has 0 saturated carbocycles. The molecule has 0 spiro atoms. The van der Waals surface area contributed by atoms with Gasteiger partial charge in [-0.2, -0.15) is 0 Å². The first-order valence-corrected chi connectivity index (χ1v) is 7.23. The monoisotopic (exact) mass is 268 g/mol. The van der Waals surface area contributed by atoms with E-state index in [0.29, 0.717) is 0 Å².